The van der Waals surface area contributed by atoms with Gasteiger partial charge in [-0.25, -0.2) is 18.6 Å². The van der Waals surface area contributed by atoms with Crippen LogP contribution in [0.25, 0.3) is 90.9 Å². The molecular formula is C126H108N8O4P4+2. The van der Waals surface area contributed by atoms with Crippen molar-refractivity contribution < 1.29 is 27.6 Å². The van der Waals surface area contributed by atoms with Crippen LogP contribution < -0.4 is 61.4 Å². The fourth-order valence-electron chi connectivity index (χ4n) is 20.1. The van der Waals surface area contributed by atoms with Crippen LogP contribution in [0.1, 0.15) is 22.8 Å². The van der Waals surface area contributed by atoms with Gasteiger partial charge in [-0.05, 0) is 167 Å². The van der Waals surface area contributed by atoms with E-state index in [0.29, 0.717) is 96.8 Å². The summed E-state index contributed by atoms with van der Waals surface area (Å²) in [6, 6.07) is 172. The first-order valence-corrected chi connectivity index (χ1v) is 56.1. The Morgan fingerprint density at radius 3 is 0.655 bits per heavy atom. The second kappa shape index (κ2) is 42.9. The summed E-state index contributed by atoms with van der Waals surface area (Å²) in [6.45, 7) is 1.39. The van der Waals surface area contributed by atoms with E-state index < -0.39 is 28.2 Å². The van der Waals surface area contributed by atoms with Gasteiger partial charge >= 0.3 is 0 Å². The van der Waals surface area contributed by atoms with Gasteiger partial charge in [-0.2, -0.15) is 0 Å². The summed E-state index contributed by atoms with van der Waals surface area (Å²) >= 11 is 0. The molecule has 5 heterocycles. The smallest absolute Gasteiger partial charge is 0.200 e. The average Bonchev–Trinajstić information content (AvgIpc) is 0.823. The minimum atomic E-state index is -2.60. The van der Waals surface area contributed by atoms with E-state index in [9.17, 15) is 0 Å². The maximum atomic E-state index is 7.58. The lowest BCUT2D eigenvalue weighted by molar-refractivity contribution is -0.382. The van der Waals surface area contributed by atoms with Crippen LogP contribution in [0.15, 0.2) is 495 Å². The molecule has 12 nitrogen and oxygen atoms in total. The molecule has 142 heavy (non-hydrogen) atoms. The maximum absolute atomic E-state index is 7.58. The van der Waals surface area contributed by atoms with Crippen molar-refractivity contribution in [2.45, 2.75) is 0 Å². The summed E-state index contributed by atoms with van der Waals surface area (Å²) in [6.07, 6.45) is 11.2. The van der Waals surface area contributed by atoms with Crippen LogP contribution >= 0.6 is 28.2 Å². The number of hydrogen-bond donors (Lipinski definition) is 2. The number of fused-ring (bicyclic) bond motifs is 8. The second-order valence-electron chi connectivity index (χ2n) is 35.1. The Hall–Kier alpha value is -15.8. The topological polar surface area (TPSA) is 125 Å². The van der Waals surface area contributed by atoms with E-state index in [0.717, 1.165) is 111 Å². The van der Waals surface area contributed by atoms with Gasteiger partial charge < -0.3 is 28.9 Å². The molecule has 16 heteroatoms. The van der Waals surface area contributed by atoms with Gasteiger partial charge in [0.15, 0.2) is 14.1 Å². The molecule has 0 aliphatic carbocycles. The second-order valence-corrected chi connectivity index (χ2v) is 48.8. The highest BCUT2D eigenvalue weighted by molar-refractivity contribution is 7.81. The molecule has 16 aromatic carbocycles. The lowest BCUT2D eigenvalue weighted by atomic mass is 10.0. The van der Waals surface area contributed by atoms with Crippen LogP contribution in [0.3, 0.4) is 0 Å². The van der Waals surface area contributed by atoms with E-state index in [1.807, 2.05) is 12.1 Å². The van der Waals surface area contributed by atoms with Gasteiger partial charge in [0.05, 0.1) is 72.9 Å². The van der Waals surface area contributed by atoms with Crippen LogP contribution in [0, 0.1) is 0 Å². The molecule has 8 bridgehead atoms. The summed E-state index contributed by atoms with van der Waals surface area (Å²) in [5.41, 5.74) is 16.7. The van der Waals surface area contributed by atoms with Crippen LogP contribution in [0.4, 0.5) is 22.7 Å². The van der Waals surface area contributed by atoms with Gasteiger partial charge in [-0.3, -0.25) is 9.49 Å². The normalized spacial score (nSPS) is 11.9. The van der Waals surface area contributed by atoms with Crippen molar-refractivity contribution in [2.24, 2.45) is 9.49 Å². The fourth-order valence-corrected chi connectivity index (χ4v) is 34.9. The Morgan fingerprint density at radius 2 is 0.415 bits per heavy atom. The SMILES string of the molecule is C[N+](c1ccccc1)=P(CCOc1ccccc1-c1c2nc(c(-c3ccccc3OCCP(=Nc3ccccc3)(c3ccccc3)c3ccccc3)c3ccc([nH]3)c(-c3ccccc3OCCP(c3ccccc3)(c3ccccc3)=[N+](C)c3ccccc3)c3nc(c(-c4ccccc4OCCP(=Nc4ccccc4)(c4ccccc4)c4ccccc4)c4ccc1[nH]4)C=C3)C=C2)(c1ccccc1)c1ccccc1. The third-order valence-electron chi connectivity index (χ3n) is 26.9. The zero-order valence-corrected chi connectivity index (χ0v) is 82.8. The number of aromatic amines is 2. The van der Waals surface area contributed by atoms with Gasteiger partial charge in [-0.15, -0.1) is 0 Å². The van der Waals surface area contributed by atoms with E-state index in [-0.39, 0.29) is 0 Å². The predicted molar refractivity (Wildman–Crippen MR) is 600 cm³/mol. The molecule has 0 fully saturated rings. The number of rotatable bonds is 32. The first-order valence-electron chi connectivity index (χ1n) is 48.4. The lowest BCUT2D eigenvalue weighted by Gasteiger charge is -2.26. The quantitative estimate of drug-likeness (QED) is 0.0405. The monoisotopic (exact) mass is 1920 g/mol. The minimum Gasteiger partial charge on any atom is -0.492 e. The standard InChI is InChI=1S/C126H108N8O4P4/c1-133(97-51-19-5-20-52-97)141(103-63-31-11-32-64-103,104-65-33-12-34-66-104)93-89-137-121-77-45-41-73-109(121)125-115-83-79-111(127-115)123(107-71-39-43-75-119(107)135-87-91-139(99-55-23-7-24-56-99,100-57-25-8-26-58-100)131-95-47-15-3-16-48-95)113-81-85-117(129-113)126(110-74-42-46-78-122(110)138-90-94-142(105-67-35-13-36-68-105,106-69-37-14-38-70-106)134(2)98-53-21-6-22-54-98)118-86-82-114(130-118)124(112-80-84-116(125)128-112)108-72-40-44-76-120(108)136-88-92-140(101-59-27-9-28-60-101,102-61-29-10-30-62-102)132-96-49-17-4-18-50-96/h3-86,127,130H,87-94H2,1-2H3/q+2. The van der Waals surface area contributed by atoms with Crippen molar-refractivity contribution in [2.75, 3.05) is 65.2 Å². The maximum Gasteiger partial charge on any atom is 0.200 e. The zero-order valence-electron chi connectivity index (χ0n) is 79.3. The van der Waals surface area contributed by atoms with Gasteiger partial charge in [-0.1, -0.05) is 340 Å². The number of H-pyrrole nitrogens is 2. The fraction of sp³-hybridized carbons (Fsp3) is 0.0794. The lowest BCUT2D eigenvalue weighted by Crippen LogP contribution is -2.27. The van der Waals surface area contributed by atoms with E-state index in [4.69, 9.17) is 38.4 Å². The number of para-hydroxylation sites is 6. The molecule has 3 aromatic heterocycles. The van der Waals surface area contributed by atoms with Gasteiger partial charge in [0.25, 0.3) is 0 Å². The van der Waals surface area contributed by atoms with Crippen molar-refractivity contribution in [3.63, 3.8) is 0 Å². The molecule has 2 aliphatic rings. The van der Waals surface area contributed by atoms with Crippen molar-refractivity contribution in [3.05, 3.63) is 508 Å². The number of ether oxygens (including phenoxy) is 4. The van der Waals surface area contributed by atoms with E-state index in [1.54, 1.807) is 0 Å². The third kappa shape index (κ3) is 19.1. The molecule has 2 aliphatic heterocycles. The summed E-state index contributed by atoms with van der Waals surface area (Å²) in [4.78, 5) is 20.4. The average molecular weight is 1920 g/mol. The zero-order chi connectivity index (χ0) is 95.8. The van der Waals surface area contributed by atoms with Crippen LogP contribution in [0.2, 0.25) is 0 Å². The molecule has 694 valence electrons. The molecule has 21 rings (SSSR count). The molecule has 0 radical (unpaired) electrons. The first kappa shape index (κ1) is 92.6. The van der Waals surface area contributed by atoms with Crippen LogP contribution in [0.5, 0.6) is 23.0 Å². The van der Waals surface area contributed by atoms with Gasteiger partial charge in [0.2, 0.25) is 11.4 Å². The predicted octanol–water partition coefficient (Wildman–Crippen LogP) is 28.9. The highest BCUT2D eigenvalue weighted by atomic mass is 31.2. The summed E-state index contributed by atoms with van der Waals surface area (Å²) in [5.74, 6) is 2.76. The number of hydrogen-bond acceptors (Lipinski definition) is 8. The Bertz CT molecular complexity index is 7530. The van der Waals surface area contributed by atoms with Crippen LogP contribution in [-0.2, 0) is 0 Å². The molecule has 0 spiro atoms. The molecule has 0 saturated heterocycles. The van der Waals surface area contributed by atoms with Crippen LogP contribution in [-0.4, -0.2) is 93.8 Å². The molecule has 0 amide bonds. The Labute approximate surface area is 831 Å². The molecule has 0 atom stereocenters. The molecule has 0 unspecified atom stereocenters. The molecular weight excluding hydrogens is 1810 g/mol. The van der Waals surface area contributed by atoms with E-state index >= 15 is 0 Å². The highest BCUT2D eigenvalue weighted by Gasteiger charge is 2.39. The van der Waals surface area contributed by atoms with Gasteiger partial charge in [0, 0.05) is 138 Å². The van der Waals surface area contributed by atoms with Crippen molar-refractivity contribution in [1.29, 1.82) is 0 Å². The summed E-state index contributed by atoms with van der Waals surface area (Å²) in [7, 11) is -5.68. The number of nitrogens with zero attached hydrogens (tertiary/aromatic N) is 6. The highest BCUT2D eigenvalue weighted by Crippen LogP contribution is 2.56. The number of benzene rings is 16. The van der Waals surface area contributed by atoms with Gasteiger partial charge in [0.1, 0.15) is 37.1 Å². The third-order valence-corrected chi connectivity index (χ3v) is 43.1. The number of nitrogens with one attached hydrogen (secondary N) is 2. The molecule has 2 N–H and O–H groups in total. The largest absolute Gasteiger partial charge is 0.492 e. The first-order chi connectivity index (χ1) is 70.2. The number of aromatic nitrogens is 4. The molecule has 19 aromatic rings. The Balaban J connectivity index is 0.783. The Kier molecular flexibility index (Phi) is 28.0. The van der Waals surface area contributed by atoms with Crippen molar-refractivity contribution in [3.8, 4) is 67.5 Å². The molecule has 0 saturated carbocycles. The van der Waals surface area contributed by atoms with E-state index in [1.165, 1.54) is 21.2 Å². The van der Waals surface area contributed by atoms with Crippen molar-refractivity contribution >= 4 is 140 Å². The van der Waals surface area contributed by atoms with E-state index in [2.05, 4.69) is 530 Å². The minimum absolute atomic E-state index is 0.327. The van der Waals surface area contributed by atoms with Crippen molar-refractivity contribution in [1.82, 2.24) is 19.9 Å². The Morgan fingerprint density at radius 1 is 0.218 bits per heavy atom. The summed E-state index contributed by atoms with van der Waals surface area (Å²) in [5, 5.41) is 9.65. The summed E-state index contributed by atoms with van der Waals surface area (Å²) < 4.78 is 46.9.